The van der Waals surface area contributed by atoms with Crippen LogP contribution in [0, 0.1) is 5.92 Å². The molecular weight excluding hydrogens is 380 g/mol. The van der Waals surface area contributed by atoms with Gasteiger partial charge in [0.1, 0.15) is 11.5 Å². The number of hydrogen-bond donors (Lipinski definition) is 0. The molecule has 2 heteroatoms. The first-order valence-corrected chi connectivity index (χ1v) is 11.8. The molecule has 3 aromatic rings. The third-order valence-electron chi connectivity index (χ3n) is 5.84. The van der Waals surface area contributed by atoms with Crippen LogP contribution in [0.2, 0.25) is 0 Å². The fourth-order valence-corrected chi connectivity index (χ4v) is 4.04. The molecule has 0 fully saturated rings. The van der Waals surface area contributed by atoms with E-state index in [1.54, 1.807) is 0 Å². The lowest BCUT2D eigenvalue weighted by atomic mass is 9.88. The summed E-state index contributed by atoms with van der Waals surface area (Å²) in [5.41, 5.74) is 1.04. The Balaban J connectivity index is 1.89. The second-order valence-corrected chi connectivity index (χ2v) is 8.32. The van der Waals surface area contributed by atoms with Crippen LogP contribution in [0.15, 0.2) is 91.0 Å². The molecule has 3 rings (SSSR count). The van der Waals surface area contributed by atoms with Gasteiger partial charge in [0.15, 0.2) is 0 Å². The maximum Gasteiger partial charge on any atom is 0.280 e. The van der Waals surface area contributed by atoms with E-state index in [0.717, 1.165) is 23.5 Å². The first kappa shape index (κ1) is 22.9. The zero-order valence-electron chi connectivity index (χ0n) is 19.0. The molecule has 1 unspecified atom stereocenters. The van der Waals surface area contributed by atoms with Gasteiger partial charge in [-0.3, -0.25) is 0 Å². The van der Waals surface area contributed by atoms with Gasteiger partial charge in [0.05, 0.1) is 0 Å². The third-order valence-corrected chi connectivity index (χ3v) is 5.84. The summed E-state index contributed by atoms with van der Waals surface area (Å²) in [5.74, 6) is 0.906. The largest absolute Gasteiger partial charge is 0.448 e. The summed E-state index contributed by atoms with van der Waals surface area (Å²) >= 11 is 0. The molecule has 0 aliphatic heterocycles. The highest BCUT2D eigenvalue weighted by Crippen LogP contribution is 2.40. The lowest BCUT2D eigenvalue weighted by Gasteiger charge is -2.40. The van der Waals surface area contributed by atoms with Crippen LogP contribution in [0.25, 0.3) is 0 Å². The highest BCUT2D eigenvalue weighted by molar-refractivity contribution is 5.30. The van der Waals surface area contributed by atoms with Gasteiger partial charge in [0, 0.05) is 11.5 Å². The normalized spacial score (nSPS) is 12.3. The zero-order valence-corrected chi connectivity index (χ0v) is 19.0. The van der Waals surface area contributed by atoms with Crippen molar-refractivity contribution < 1.29 is 9.47 Å². The molecule has 164 valence electrons. The molecule has 0 bridgehead atoms. The fraction of sp³-hybridized carbons (Fsp3) is 0.379. The van der Waals surface area contributed by atoms with Crippen LogP contribution in [0.1, 0.15) is 64.4 Å². The van der Waals surface area contributed by atoms with Crippen LogP contribution < -0.4 is 9.47 Å². The quantitative estimate of drug-likeness (QED) is 0.206. The first-order valence-electron chi connectivity index (χ1n) is 11.8. The first-order chi connectivity index (χ1) is 15.2. The maximum absolute atomic E-state index is 6.73. The van der Waals surface area contributed by atoms with Gasteiger partial charge in [-0.1, -0.05) is 119 Å². The predicted octanol–water partition coefficient (Wildman–Crippen LogP) is 8.38. The van der Waals surface area contributed by atoms with Crippen molar-refractivity contribution in [2.75, 3.05) is 0 Å². The number of ether oxygens (including phenoxy) is 2. The minimum Gasteiger partial charge on any atom is -0.448 e. The highest BCUT2D eigenvalue weighted by Gasteiger charge is 2.43. The number of benzene rings is 3. The summed E-state index contributed by atoms with van der Waals surface area (Å²) in [4.78, 5) is 0. The van der Waals surface area contributed by atoms with Gasteiger partial charge in [0.2, 0.25) is 0 Å². The Labute approximate surface area is 188 Å². The Morgan fingerprint density at radius 1 is 0.613 bits per heavy atom. The van der Waals surface area contributed by atoms with Crippen molar-refractivity contribution in [1.29, 1.82) is 0 Å². The predicted molar refractivity (Wildman–Crippen MR) is 129 cm³/mol. The van der Waals surface area contributed by atoms with E-state index >= 15 is 0 Å². The summed E-state index contributed by atoms with van der Waals surface area (Å²) in [6.45, 7) is 4.52. The number of hydrogen-bond acceptors (Lipinski definition) is 2. The van der Waals surface area contributed by atoms with Gasteiger partial charge in [-0.15, -0.1) is 0 Å². The second kappa shape index (κ2) is 12.2. The highest BCUT2D eigenvalue weighted by atomic mass is 16.7. The molecule has 0 aromatic heterocycles. The standard InChI is InChI=1S/C29H36O2/c1-3-4-5-6-7-11-18-25(2)29(26-19-12-8-13-20-26,30-27-21-14-9-15-22-27)31-28-23-16-10-17-24-28/h8-10,12-17,19-25H,3-7,11,18H2,1-2H3. The number of rotatable bonds is 13. The molecule has 0 saturated carbocycles. The van der Waals surface area contributed by atoms with Crippen molar-refractivity contribution in [3.8, 4) is 11.5 Å². The molecule has 0 saturated heterocycles. The molecule has 1 atom stereocenters. The van der Waals surface area contributed by atoms with Crippen molar-refractivity contribution in [2.45, 2.75) is 64.6 Å². The Morgan fingerprint density at radius 3 is 1.58 bits per heavy atom. The van der Waals surface area contributed by atoms with Gasteiger partial charge in [0.25, 0.3) is 5.79 Å². The topological polar surface area (TPSA) is 18.5 Å². The minimum atomic E-state index is -0.895. The van der Waals surface area contributed by atoms with E-state index in [-0.39, 0.29) is 5.92 Å². The van der Waals surface area contributed by atoms with Crippen molar-refractivity contribution in [3.63, 3.8) is 0 Å². The molecule has 0 radical (unpaired) electrons. The van der Waals surface area contributed by atoms with Crippen molar-refractivity contribution in [1.82, 2.24) is 0 Å². The second-order valence-electron chi connectivity index (χ2n) is 8.32. The lowest BCUT2D eigenvalue weighted by molar-refractivity contribution is -0.163. The van der Waals surface area contributed by atoms with Crippen LogP contribution in [0.4, 0.5) is 0 Å². The van der Waals surface area contributed by atoms with Gasteiger partial charge in [-0.25, -0.2) is 0 Å². The summed E-state index contributed by atoms with van der Waals surface area (Å²) in [6, 6.07) is 30.4. The van der Waals surface area contributed by atoms with Crippen LogP contribution in [-0.2, 0) is 5.79 Å². The van der Waals surface area contributed by atoms with E-state index in [9.17, 15) is 0 Å². The molecule has 0 N–H and O–H groups in total. The van der Waals surface area contributed by atoms with Crippen molar-refractivity contribution in [2.24, 2.45) is 5.92 Å². The van der Waals surface area contributed by atoms with Gasteiger partial charge in [-0.2, -0.15) is 0 Å². The molecule has 3 aromatic carbocycles. The Kier molecular flexibility index (Phi) is 9.02. The molecule has 2 nitrogen and oxygen atoms in total. The fourth-order valence-electron chi connectivity index (χ4n) is 4.04. The third kappa shape index (κ3) is 6.62. The molecular formula is C29H36O2. The summed E-state index contributed by atoms with van der Waals surface area (Å²) in [6.07, 6.45) is 8.72. The lowest BCUT2D eigenvalue weighted by Crippen LogP contribution is -2.45. The molecule has 0 amide bonds. The van der Waals surface area contributed by atoms with E-state index < -0.39 is 5.79 Å². The molecule has 0 spiro atoms. The van der Waals surface area contributed by atoms with Crippen molar-refractivity contribution in [3.05, 3.63) is 96.6 Å². The summed E-state index contributed by atoms with van der Waals surface area (Å²) < 4.78 is 13.5. The van der Waals surface area contributed by atoms with Crippen LogP contribution in [-0.4, -0.2) is 0 Å². The Hall–Kier alpha value is -2.74. The smallest absolute Gasteiger partial charge is 0.280 e. The monoisotopic (exact) mass is 416 g/mol. The molecule has 0 aliphatic carbocycles. The van der Waals surface area contributed by atoms with Crippen LogP contribution in [0.5, 0.6) is 11.5 Å². The average Bonchev–Trinajstić information content (AvgIpc) is 2.82. The van der Waals surface area contributed by atoms with E-state index in [1.165, 1.54) is 38.5 Å². The summed E-state index contributed by atoms with van der Waals surface area (Å²) in [5, 5.41) is 0. The molecule has 0 aliphatic rings. The molecule has 31 heavy (non-hydrogen) atoms. The zero-order chi connectivity index (χ0) is 21.8. The van der Waals surface area contributed by atoms with Crippen LogP contribution in [0.3, 0.4) is 0 Å². The van der Waals surface area contributed by atoms with E-state index in [4.69, 9.17) is 9.47 Å². The number of para-hydroxylation sites is 2. The van der Waals surface area contributed by atoms with Crippen molar-refractivity contribution >= 4 is 0 Å². The maximum atomic E-state index is 6.73. The van der Waals surface area contributed by atoms with E-state index in [1.807, 2.05) is 66.7 Å². The van der Waals surface area contributed by atoms with E-state index in [0.29, 0.717) is 0 Å². The van der Waals surface area contributed by atoms with E-state index in [2.05, 4.69) is 38.1 Å². The average molecular weight is 417 g/mol. The van der Waals surface area contributed by atoms with Gasteiger partial charge < -0.3 is 9.47 Å². The minimum absolute atomic E-state index is 0.168. The van der Waals surface area contributed by atoms with Gasteiger partial charge >= 0.3 is 0 Å². The van der Waals surface area contributed by atoms with Crippen LogP contribution >= 0.6 is 0 Å². The SMILES string of the molecule is CCCCCCCCC(C)C(Oc1ccccc1)(Oc1ccccc1)c1ccccc1. The Morgan fingerprint density at radius 2 is 1.06 bits per heavy atom. The summed E-state index contributed by atoms with van der Waals surface area (Å²) in [7, 11) is 0. The Bertz CT molecular complexity index is 804. The van der Waals surface area contributed by atoms with Gasteiger partial charge in [-0.05, 0) is 30.7 Å². The number of unbranched alkanes of at least 4 members (excludes halogenated alkanes) is 5. The molecule has 0 heterocycles.